The number of hydrogen-bond acceptors (Lipinski definition) is 2. The molecule has 0 aliphatic rings. The van der Waals surface area contributed by atoms with E-state index in [0.29, 0.717) is 22.8 Å². The molecule has 0 saturated carbocycles. The van der Waals surface area contributed by atoms with Crippen LogP contribution >= 0.6 is 24.2 Å². The lowest BCUT2D eigenvalue weighted by Gasteiger charge is -1.99. The fraction of sp³-hybridized carbons (Fsp3) is 0.200. The van der Waals surface area contributed by atoms with Gasteiger partial charge in [-0.25, -0.2) is 4.39 Å². The van der Waals surface area contributed by atoms with E-state index in [-0.39, 0.29) is 5.69 Å². The van der Waals surface area contributed by atoms with Crippen molar-refractivity contribution in [2.45, 2.75) is 6.42 Å². The summed E-state index contributed by atoms with van der Waals surface area (Å²) in [5.41, 5.74) is 5.82. The largest absolute Gasteiger partial charge is 0.396 e. The van der Waals surface area contributed by atoms with Gasteiger partial charge in [0.15, 0.2) is 0 Å². The van der Waals surface area contributed by atoms with Gasteiger partial charge in [-0.3, -0.25) is 0 Å². The van der Waals surface area contributed by atoms with Gasteiger partial charge < -0.3 is 5.73 Å². The first-order valence-electron chi connectivity index (χ1n) is 3.99. The molecule has 2 N–H and O–H groups in total. The second-order valence-corrected chi connectivity index (χ2v) is 3.48. The van der Waals surface area contributed by atoms with E-state index in [1.165, 1.54) is 12.1 Å². The molecule has 1 aromatic rings. The van der Waals surface area contributed by atoms with E-state index < -0.39 is 5.82 Å². The maximum absolute atomic E-state index is 13.0. The van der Waals surface area contributed by atoms with E-state index in [1.807, 2.05) is 0 Å². The molecule has 0 radical (unpaired) electrons. The molecule has 0 saturated heterocycles. The monoisotopic (exact) mass is 229 g/mol. The minimum absolute atomic E-state index is 0.0368. The second kappa shape index (κ2) is 5.14. The SMILES string of the molecule is Nc1cc(Cl)c(C#CCCS)cc1F. The van der Waals surface area contributed by atoms with E-state index in [1.54, 1.807) is 0 Å². The van der Waals surface area contributed by atoms with Crippen LogP contribution < -0.4 is 5.73 Å². The average Bonchev–Trinajstić information content (AvgIpc) is 2.14. The summed E-state index contributed by atoms with van der Waals surface area (Å²) in [5.74, 6) is 5.75. The molecule has 1 aromatic carbocycles. The van der Waals surface area contributed by atoms with Crippen molar-refractivity contribution in [3.8, 4) is 11.8 Å². The molecule has 0 bridgehead atoms. The van der Waals surface area contributed by atoms with Crippen molar-refractivity contribution in [3.05, 3.63) is 28.5 Å². The van der Waals surface area contributed by atoms with Gasteiger partial charge in [-0.05, 0) is 12.1 Å². The zero-order chi connectivity index (χ0) is 10.6. The van der Waals surface area contributed by atoms with Crippen molar-refractivity contribution in [3.63, 3.8) is 0 Å². The first kappa shape index (κ1) is 11.2. The number of anilines is 1. The van der Waals surface area contributed by atoms with Gasteiger partial charge in [0.25, 0.3) is 0 Å². The lowest BCUT2D eigenvalue weighted by molar-refractivity contribution is 0.632. The fourth-order valence-electron chi connectivity index (χ4n) is 0.872. The van der Waals surface area contributed by atoms with Crippen LogP contribution in [0, 0.1) is 17.7 Å². The Labute approximate surface area is 92.9 Å². The number of benzene rings is 1. The summed E-state index contributed by atoms with van der Waals surface area (Å²) in [6, 6.07) is 2.60. The lowest BCUT2D eigenvalue weighted by Crippen LogP contribution is -1.91. The normalized spacial score (nSPS) is 9.36. The highest BCUT2D eigenvalue weighted by Crippen LogP contribution is 2.21. The number of hydrogen-bond donors (Lipinski definition) is 2. The molecule has 1 rings (SSSR count). The third kappa shape index (κ3) is 2.83. The van der Waals surface area contributed by atoms with Crippen molar-refractivity contribution < 1.29 is 4.39 Å². The average molecular weight is 230 g/mol. The maximum atomic E-state index is 13.0. The van der Waals surface area contributed by atoms with Crippen LogP contribution in [0.3, 0.4) is 0 Å². The molecule has 0 atom stereocenters. The van der Waals surface area contributed by atoms with Gasteiger partial charge in [-0.1, -0.05) is 23.4 Å². The summed E-state index contributed by atoms with van der Waals surface area (Å²) in [7, 11) is 0. The summed E-state index contributed by atoms with van der Waals surface area (Å²) in [6.45, 7) is 0. The highest BCUT2D eigenvalue weighted by atomic mass is 35.5. The van der Waals surface area contributed by atoms with E-state index in [0.717, 1.165) is 0 Å². The number of nitrogens with two attached hydrogens (primary N) is 1. The minimum Gasteiger partial charge on any atom is -0.396 e. The minimum atomic E-state index is -0.496. The highest BCUT2D eigenvalue weighted by molar-refractivity contribution is 7.80. The molecule has 0 spiro atoms. The maximum Gasteiger partial charge on any atom is 0.147 e. The first-order chi connectivity index (χ1) is 6.65. The van der Waals surface area contributed by atoms with Crippen molar-refractivity contribution >= 4 is 29.9 Å². The topological polar surface area (TPSA) is 26.0 Å². The Morgan fingerprint density at radius 1 is 1.50 bits per heavy atom. The van der Waals surface area contributed by atoms with Gasteiger partial charge in [0.05, 0.1) is 10.7 Å². The van der Waals surface area contributed by atoms with Crippen LogP contribution in [0.2, 0.25) is 5.02 Å². The molecule has 0 heterocycles. The Morgan fingerprint density at radius 3 is 2.86 bits per heavy atom. The Morgan fingerprint density at radius 2 is 2.21 bits per heavy atom. The van der Waals surface area contributed by atoms with Crippen LogP contribution in [-0.2, 0) is 0 Å². The van der Waals surface area contributed by atoms with E-state index in [9.17, 15) is 4.39 Å². The molecule has 0 amide bonds. The van der Waals surface area contributed by atoms with Crippen LogP contribution in [0.15, 0.2) is 12.1 Å². The Balaban J connectivity index is 3.00. The molecular formula is C10H9ClFNS. The molecule has 0 aliphatic heterocycles. The third-order valence-electron chi connectivity index (χ3n) is 1.55. The number of halogens is 2. The standard InChI is InChI=1S/C10H9ClFNS/c11-8-6-10(13)9(12)5-7(8)3-1-2-4-14/h5-6,14H,2,4,13H2. The summed E-state index contributed by atoms with van der Waals surface area (Å²) < 4.78 is 13.0. The van der Waals surface area contributed by atoms with Crippen LogP contribution in [0.25, 0.3) is 0 Å². The molecule has 74 valence electrons. The van der Waals surface area contributed by atoms with Crippen molar-refractivity contribution in [1.82, 2.24) is 0 Å². The molecule has 14 heavy (non-hydrogen) atoms. The van der Waals surface area contributed by atoms with Gasteiger partial charge >= 0.3 is 0 Å². The van der Waals surface area contributed by atoms with Gasteiger partial charge in [0.1, 0.15) is 5.82 Å². The predicted molar refractivity (Wildman–Crippen MR) is 61.2 cm³/mol. The molecule has 0 fully saturated rings. The van der Waals surface area contributed by atoms with Crippen LogP contribution in [0.1, 0.15) is 12.0 Å². The molecule has 0 aliphatic carbocycles. The lowest BCUT2D eigenvalue weighted by atomic mass is 10.2. The summed E-state index contributed by atoms with van der Waals surface area (Å²) in [5, 5.41) is 0.371. The smallest absolute Gasteiger partial charge is 0.147 e. The summed E-state index contributed by atoms with van der Waals surface area (Å²) in [4.78, 5) is 0. The Hall–Kier alpha value is -0.850. The zero-order valence-electron chi connectivity index (χ0n) is 7.35. The van der Waals surface area contributed by atoms with E-state index in [4.69, 9.17) is 17.3 Å². The van der Waals surface area contributed by atoms with E-state index in [2.05, 4.69) is 24.5 Å². The molecule has 0 unspecified atom stereocenters. The number of thiol groups is 1. The summed E-state index contributed by atoms with van der Waals surface area (Å²) >= 11 is 9.81. The fourth-order valence-corrected chi connectivity index (χ4v) is 1.20. The van der Waals surface area contributed by atoms with Crippen molar-refractivity contribution in [1.29, 1.82) is 0 Å². The predicted octanol–water partition coefficient (Wildman–Crippen LogP) is 2.73. The summed E-state index contributed by atoms with van der Waals surface area (Å²) in [6.07, 6.45) is 0.644. The molecule has 0 aromatic heterocycles. The quantitative estimate of drug-likeness (QED) is 0.432. The zero-order valence-corrected chi connectivity index (χ0v) is 9.00. The molecular weight excluding hydrogens is 221 g/mol. The highest BCUT2D eigenvalue weighted by Gasteiger charge is 2.03. The number of nitrogen functional groups attached to an aromatic ring is 1. The molecule has 1 nitrogen and oxygen atoms in total. The number of rotatable bonds is 1. The van der Waals surface area contributed by atoms with Crippen LogP contribution in [-0.4, -0.2) is 5.75 Å². The Kier molecular flexibility index (Phi) is 4.12. The molecule has 4 heteroatoms. The van der Waals surface area contributed by atoms with Gasteiger partial charge in [-0.15, -0.1) is 0 Å². The van der Waals surface area contributed by atoms with Gasteiger partial charge in [-0.2, -0.15) is 12.6 Å². The van der Waals surface area contributed by atoms with Crippen LogP contribution in [0.5, 0.6) is 0 Å². The Bertz CT molecular complexity index is 395. The first-order valence-corrected chi connectivity index (χ1v) is 5.00. The van der Waals surface area contributed by atoms with E-state index >= 15 is 0 Å². The van der Waals surface area contributed by atoms with Gasteiger partial charge in [0, 0.05) is 17.7 Å². The van der Waals surface area contributed by atoms with Crippen molar-refractivity contribution in [2.75, 3.05) is 11.5 Å². The second-order valence-electron chi connectivity index (χ2n) is 2.63. The van der Waals surface area contributed by atoms with Gasteiger partial charge in [0.2, 0.25) is 0 Å². The van der Waals surface area contributed by atoms with Crippen LogP contribution in [0.4, 0.5) is 10.1 Å². The van der Waals surface area contributed by atoms with Crippen molar-refractivity contribution in [2.24, 2.45) is 0 Å². The third-order valence-corrected chi connectivity index (χ3v) is 2.08.